The molecule has 1 aromatic carbocycles. The van der Waals surface area contributed by atoms with Gasteiger partial charge in [-0.05, 0) is 37.0 Å². The molecular weight excluding hydrogens is 310 g/mol. The normalized spacial score (nSPS) is 16.6. The van der Waals surface area contributed by atoms with Gasteiger partial charge in [-0.25, -0.2) is 0 Å². The summed E-state index contributed by atoms with van der Waals surface area (Å²) < 4.78 is 0. The quantitative estimate of drug-likeness (QED) is 0.879. The van der Waals surface area contributed by atoms with Crippen LogP contribution in [0.15, 0.2) is 54.7 Å². The number of piperidine rings is 1. The Morgan fingerprint density at radius 3 is 2.52 bits per heavy atom. The second-order valence-corrected chi connectivity index (χ2v) is 6.67. The highest BCUT2D eigenvalue weighted by atomic mass is 16.2. The fourth-order valence-corrected chi connectivity index (χ4v) is 3.51. The van der Waals surface area contributed by atoms with Gasteiger partial charge in [0.05, 0.1) is 11.6 Å². The third-order valence-corrected chi connectivity index (χ3v) is 5.01. The molecular formula is C21H27N3O. The Balaban J connectivity index is 1.50. The number of amides is 1. The first-order valence-corrected chi connectivity index (χ1v) is 9.25. The molecule has 2 aromatic rings. The number of hydrogen-bond acceptors (Lipinski definition) is 3. The van der Waals surface area contributed by atoms with Crippen molar-refractivity contribution in [3.8, 4) is 0 Å². The van der Waals surface area contributed by atoms with Crippen LogP contribution in [0.5, 0.6) is 0 Å². The molecule has 1 saturated heterocycles. The second-order valence-electron chi connectivity index (χ2n) is 6.67. The molecule has 0 saturated carbocycles. The molecule has 0 spiro atoms. The summed E-state index contributed by atoms with van der Waals surface area (Å²) in [5, 5.41) is 3.57. The summed E-state index contributed by atoms with van der Waals surface area (Å²) in [5.41, 5.74) is 2.20. The number of nitrogens with one attached hydrogen (secondary N) is 1. The molecule has 2 heterocycles. The first-order valence-electron chi connectivity index (χ1n) is 9.25. The van der Waals surface area contributed by atoms with Gasteiger partial charge in [-0.2, -0.15) is 0 Å². The van der Waals surface area contributed by atoms with Crippen molar-refractivity contribution in [1.82, 2.24) is 15.2 Å². The number of hydrogen-bond donors (Lipinski definition) is 1. The van der Waals surface area contributed by atoms with Crippen molar-refractivity contribution in [3.63, 3.8) is 0 Å². The van der Waals surface area contributed by atoms with Crippen LogP contribution in [-0.2, 0) is 11.3 Å². The summed E-state index contributed by atoms with van der Waals surface area (Å²) in [4.78, 5) is 19.3. The van der Waals surface area contributed by atoms with E-state index in [0.717, 1.165) is 50.2 Å². The van der Waals surface area contributed by atoms with Gasteiger partial charge in [0.15, 0.2) is 0 Å². The molecule has 1 unspecified atom stereocenters. The first-order chi connectivity index (χ1) is 12.3. The summed E-state index contributed by atoms with van der Waals surface area (Å²) in [7, 11) is 0. The maximum absolute atomic E-state index is 12.9. The van der Waals surface area contributed by atoms with E-state index in [-0.39, 0.29) is 11.8 Å². The maximum Gasteiger partial charge on any atom is 0.230 e. The fourth-order valence-electron chi connectivity index (χ4n) is 3.51. The van der Waals surface area contributed by atoms with Gasteiger partial charge in [-0.3, -0.25) is 9.78 Å². The summed E-state index contributed by atoms with van der Waals surface area (Å²) in [6, 6.07) is 16.6. The Morgan fingerprint density at radius 2 is 1.88 bits per heavy atom. The lowest BCUT2D eigenvalue weighted by Crippen LogP contribution is -2.46. The van der Waals surface area contributed by atoms with Crippen molar-refractivity contribution >= 4 is 5.91 Å². The number of benzene rings is 1. The zero-order valence-electron chi connectivity index (χ0n) is 14.9. The van der Waals surface area contributed by atoms with Gasteiger partial charge in [0.25, 0.3) is 0 Å². The number of pyridine rings is 1. The van der Waals surface area contributed by atoms with Crippen molar-refractivity contribution in [1.29, 1.82) is 0 Å². The minimum Gasteiger partial charge on any atom is -0.342 e. The minimum atomic E-state index is -0.0146. The highest BCUT2D eigenvalue weighted by Crippen LogP contribution is 2.24. The zero-order chi connectivity index (χ0) is 17.5. The van der Waals surface area contributed by atoms with Crippen molar-refractivity contribution in [2.75, 3.05) is 13.1 Å². The Bertz CT molecular complexity index is 651. The van der Waals surface area contributed by atoms with Gasteiger partial charge in [0.1, 0.15) is 0 Å². The molecule has 1 amide bonds. The van der Waals surface area contributed by atoms with Crippen LogP contribution in [0.2, 0.25) is 0 Å². The van der Waals surface area contributed by atoms with Gasteiger partial charge in [-0.1, -0.05) is 43.3 Å². The molecule has 1 atom stereocenters. The largest absolute Gasteiger partial charge is 0.342 e. The lowest BCUT2D eigenvalue weighted by atomic mass is 9.93. The Morgan fingerprint density at radius 1 is 1.16 bits per heavy atom. The Labute approximate surface area is 150 Å². The summed E-state index contributed by atoms with van der Waals surface area (Å²) in [6.45, 7) is 4.56. The van der Waals surface area contributed by atoms with E-state index in [4.69, 9.17) is 0 Å². The van der Waals surface area contributed by atoms with E-state index in [9.17, 15) is 4.79 Å². The molecule has 0 bridgehead atoms. The summed E-state index contributed by atoms with van der Waals surface area (Å²) >= 11 is 0. The molecule has 1 aliphatic rings. The second kappa shape index (κ2) is 8.77. The smallest absolute Gasteiger partial charge is 0.230 e. The van der Waals surface area contributed by atoms with Crippen molar-refractivity contribution in [3.05, 3.63) is 66.0 Å². The summed E-state index contributed by atoms with van der Waals surface area (Å²) in [5.74, 6) is 0.260. The third-order valence-electron chi connectivity index (χ3n) is 5.01. The fraction of sp³-hybridized carbons (Fsp3) is 0.429. The highest BCUT2D eigenvalue weighted by molar-refractivity contribution is 5.83. The average molecular weight is 337 g/mol. The van der Waals surface area contributed by atoms with E-state index < -0.39 is 0 Å². The van der Waals surface area contributed by atoms with E-state index in [1.807, 2.05) is 47.5 Å². The van der Waals surface area contributed by atoms with E-state index in [0.29, 0.717) is 6.04 Å². The molecule has 1 aromatic heterocycles. The van der Waals surface area contributed by atoms with Gasteiger partial charge in [0, 0.05) is 31.9 Å². The topological polar surface area (TPSA) is 45.2 Å². The lowest BCUT2D eigenvalue weighted by molar-refractivity contribution is -0.134. The molecule has 1 fully saturated rings. The standard InChI is InChI=1S/C21H27N3O/c1-2-20(17-8-4-3-5-9-17)21(25)24-14-11-18(12-15-24)23-16-19-10-6-7-13-22-19/h3-10,13,18,20,23H,2,11-12,14-16H2,1H3. The van der Waals surface area contributed by atoms with Crippen LogP contribution in [0.3, 0.4) is 0 Å². The number of nitrogens with zero attached hydrogens (tertiary/aromatic N) is 2. The lowest BCUT2D eigenvalue weighted by Gasteiger charge is -2.34. The Hall–Kier alpha value is -2.20. The third kappa shape index (κ3) is 4.67. The molecule has 4 nitrogen and oxygen atoms in total. The van der Waals surface area contributed by atoms with Crippen LogP contribution in [0.1, 0.15) is 43.4 Å². The first kappa shape index (κ1) is 17.6. The van der Waals surface area contributed by atoms with E-state index >= 15 is 0 Å². The molecule has 132 valence electrons. The molecule has 3 rings (SSSR count). The number of aromatic nitrogens is 1. The van der Waals surface area contributed by atoms with Gasteiger partial charge >= 0.3 is 0 Å². The number of carbonyl (C=O) groups is 1. The molecule has 0 aliphatic carbocycles. The van der Waals surface area contributed by atoms with Crippen molar-refractivity contribution in [2.45, 2.75) is 44.7 Å². The SMILES string of the molecule is CCC(C(=O)N1CCC(NCc2ccccn2)CC1)c1ccccc1. The van der Waals surface area contributed by atoms with Crippen LogP contribution < -0.4 is 5.32 Å². The van der Waals surface area contributed by atoms with Gasteiger partial charge in [-0.15, -0.1) is 0 Å². The maximum atomic E-state index is 12.9. The number of rotatable bonds is 6. The predicted octanol–water partition coefficient (Wildman–Crippen LogP) is 3.36. The summed E-state index contributed by atoms with van der Waals surface area (Å²) in [6.07, 6.45) is 4.68. The molecule has 1 aliphatic heterocycles. The molecule has 25 heavy (non-hydrogen) atoms. The van der Waals surface area contributed by atoms with Crippen LogP contribution in [-0.4, -0.2) is 34.9 Å². The van der Waals surface area contributed by atoms with Crippen molar-refractivity contribution in [2.24, 2.45) is 0 Å². The molecule has 1 N–H and O–H groups in total. The van der Waals surface area contributed by atoms with Crippen molar-refractivity contribution < 1.29 is 4.79 Å². The van der Waals surface area contributed by atoms with E-state index in [2.05, 4.69) is 29.4 Å². The predicted molar refractivity (Wildman–Crippen MR) is 100 cm³/mol. The number of carbonyl (C=O) groups excluding carboxylic acids is 1. The number of likely N-dealkylation sites (tertiary alicyclic amines) is 1. The van der Waals surface area contributed by atoms with Gasteiger partial charge in [0.2, 0.25) is 5.91 Å². The zero-order valence-corrected chi connectivity index (χ0v) is 14.9. The average Bonchev–Trinajstić information content (AvgIpc) is 2.69. The Kier molecular flexibility index (Phi) is 6.18. The monoisotopic (exact) mass is 337 g/mol. The van der Waals surface area contributed by atoms with Crippen LogP contribution >= 0.6 is 0 Å². The van der Waals surface area contributed by atoms with Gasteiger partial charge < -0.3 is 10.2 Å². The van der Waals surface area contributed by atoms with Crippen LogP contribution in [0.25, 0.3) is 0 Å². The van der Waals surface area contributed by atoms with E-state index in [1.54, 1.807) is 0 Å². The molecule has 4 heteroatoms. The van der Waals surface area contributed by atoms with Crippen LogP contribution in [0.4, 0.5) is 0 Å². The minimum absolute atomic E-state index is 0.0146. The molecule has 0 radical (unpaired) electrons. The van der Waals surface area contributed by atoms with E-state index in [1.165, 1.54) is 0 Å². The van der Waals surface area contributed by atoms with Crippen LogP contribution in [0, 0.1) is 0 Å². The highest BCUT2D eigenvalue weighted by Gasteiger charge is 2.28.